The van der Waals surface area contributed by atoms with E-state index in [0.29, 0.717) is 40.0 Å². The van der Waals surface area contributed by atoms with Gasteiger partial charge >= 0.3 is 5.69 Å². The Kier molecular flexibility index (Phi) is 5.54. The maximum absolute atomic E-state index is 13.3. The molecule has 0 fully saturated rings. The van der Waals surface area contributed by atoms with E-state index in [1.807, 2.05) is 32.0 Å². The van der Waals surface area contributed by atoms with Gasteiger partial charge in [-0.05, 0) is 41.8 Å². The molecule has 30 heavy (non-hydrogen) atoms. The fourth-order valence-corrected chi connectivity index (χ4v) is 3.90. The van der Waals surface area contributed by atoms with E-state index < -0.39 is 5.69 Å². The first-order chi connectivity index (χ1) is 14.3. The van der Waals surface area contributed by atoms with Crippen molar-refractivity contribution in [2.24, 2.45) is 5.92 Å². The highest BCUT2D eigenvalue weighted by Gasteiger charge is 2.20. The molecule has 2 heterocycles. The van der Waals surface area contributed by atoms with E-state index in [9.17, 15) is 9.59 Å². The molecule has 0 saturated carbocycles. The third-order valence-corrected chi connectivity index (χ3v) is 5.23. The zero-order chi connectivity index (χ0) is 21.4. The molecule has 6 nitrogen and oxygen atoms in total. The van der Waals surface area contributed by atoms with Gasteiger partial charge in [0.1, 0.15) is 0 Å². The Hall–Kier alpha value is -2.83. The molecule has 154 valence electrons. The minimum Gasteiger partial charge on any atom is -0.320 e. The van der Waals surface area contributed by atoms with Gasteiger partial charge in [-0.1, -0.05) is 55.2 Å². The molecule has 0 bridgehead atoms. The van der Waals surface area contributed by atoms with Crippen LogP contribution in [0.4, 0.5) is 0 Å². The first kappa shape index (κ1) is 20.4. The van der Waals surface area contributed by atoms with Crippen LogP contribution in [0.25, 0.3) is 16.9 Å². The number of rotatable bonds is 5. The molecule has 8 heteroatoms. The van der Waals surface area contributed by atoms with Crippen LogP contribution < -0.4 is 11.2 Å². The molecule has 0 spiro atoms. The van der Waals surface area contributed by atoms with Gasteiger partial charge in [0.05, 0.1) is 12.0 Å². The van der Waals surface area contributed by atoms with Crippen molar-refractivity contribution in [2.75, 3.05) is 0 Å². The lowest BCUT2D eigenvalue weighted by Crippen LogP contribution is -2.41. The predicted octanol–water partition coefficient (Wildman–Crippen LogP) is 4.36. The minimum absolute atomic E-state index is 0.116. The van der Waals surface area contributed by atoms with E-state index in [4.69, 9.17) is 23.2 Å². The van der Waals surface area contributed by atoms with Crippen molar-refractivity contribution in [1.29, 1.82) is 0 Å². The average molecular weight is 443 g/mol. The number of halogens is 2. The Morgan fingerprint density at radius 3 is 2.37 bits per heavy atom. The molecule has 2 aromatic heterocycles. The van der Waals surface area contributed by atoms with Gasteiger partial charge in [-0.2, -0.15) is 0 Å². The Bertz CT molecular complexity index is 1350. The van der Waals surface area contributed by atoms with Crippen LogP contribution in [0.2, 0.25) is 10.0 Å². The third kappa shape index (κ3) is 3.80. The summed E-state index contributed by atoms with van der Waals surface area (Å²) in [4.78, 5) is 31.0. The lowest BCUT2D eigenvalue weighted by atomic mass is 10.2. The molecule has 4 aromatic rings. The molecule has 0 saturated heterocycles. The van der Waals surface area contributed by atoms with E-state index >= 15 is 0 Å². The van der Waals surface area contributed by atoms with Crippen molar-refractivity contribution >= 4 is 34.4 Å². The summed E-state index contributed by atoms with van der Waals surface area (Å²) in [7, 11) is 0. The number of aromatic nitrogens is 4. The predicted molar refractivity (Wildman–Crippen MR) is 120 cm³/mol. The van der Waals surface area contributed by atoms with E-state index in [-0.39, 0.29) is 11.5 Å². The number of fused-ring (bicyclic) bond motifs is 1. The number of imidazole rings is 1. The standard InChI is InChI=1S/C22H20Cl2N4O2/c1-14(2)11-27-21(29)19-20(28(22(27)30)18-8-4-7-17(24)10-18)25-13-26(19)12-15-5-3-6-16(23)9-15/h3-10,13-14H,11-12H2,1-2H3. The number of hydrogen-bond donors (Lipinski definition) is 0. The molecular formula is C22H20Cl2N4O2. The highest BCUT2D eigenvalue weighted by molar-refractivity contribution is 6.31. The number of nitrogens with zero attached hydrogens (tertiary/aromatic N) is 4. The summed E-state index contributed by atoms with van der Waals surface area (Å²) < 4.78 is 4.46. The summed E-state index contributed by atoms with van der Waals surface area (Å²) in [5.74, 6) is 0.116. The van der Waals surface area contributed by atoms with Crippen LogP contribution in [0.3, 0.4) is 0 Å². The van der Waals surface area contributed by atoms with E-state index in [2.05, 4.69) is 4.98 Å². The maximum Gasteiger partial charge on any atom is 0.337 e. The van der Waals surface area contributed by atoms with Gasteiger partial charge in [0, 0.05) is 23.1 Å². The molecule has 0 radical (unpaired) electrons. The molecule has 0 amide bonds. The van der Waals surface area contributed by atoms with Crippen molar-refractivity contribution in [3.05, 3.63) is 91.3 Å². The smallest absolute Gasteiger partial charge is 0.320 e. The zero-order valence-corrected chi connectivity index (χ0v) is 18.1. The fourth-order valence-electron chi connectivity index (χ4n) is 3.51. The Morgan fingerprint density at radius 2 is 1.70 bits per heavy atom. The van der Waals surface area contributed by atoms with Crippen molar-refractivity contribution in [1.82, 2.24) is 18.7 Å². The normalized spacial score (nSPS) is 11.5. The summed E-state index contributed by atoms with van der Waals surface area (Å²) in [6, 6.07) is 14.4. The van der Waals surface area contributed by atoms with Crippen molar-refractivity contribution in [2.45, 2.75) is 26.9 Å². The summed E-state index contributed by atoms with van der Waals surface area (Å²) >= 11 is 12.3. The lowest BCUT2D eigenvalue weighted by molar-refractivity contribution is 0.489. The van der Waals surface area contributed by atoms with Crippen molar-refractivity contribution < 1.29 is 0 Å². The van der Waals surface area contributed by atoms with Crippen LogP contribution >= 0.6 is 23.2 Å². The quantitative estimate of drug-likeness (QED) is 0.461. The second-order valence-electron chi connectivity index (χ2n) is 7.58. The molecule has 0 atom stereocenters. The van der Waals surface area contributed by atoms with Gasteiger partial charge in [0.2, 0.25) is 0 Å². The van der Waals surface area contributed by atoms with Gasteiger partial charge in [-0.15, -0.1) is 0 Å². The second-order valence-corrected chi connectivity index (χ2v) is 8.45. The Balaban J connectivity index is 2.00. The average Bonchev–Trinajstić information content (AvgIpc) is 3.08. The monoisotopic (exact) mass is 442 g/mol. The van der Waals surface area contributed by atoms with Crippen LogP contribution in [0, 0.1) is 5.92 Å². The maximum atomic E-state index is 13.3. The Labute approximate surface area is 182 Å². The Morgan fingerprint density at radius 1 is 1.00 bits per heavy atom. The highest BCUT2D eigenvalue weighted by atomic mass is 35.5. The van der Waals surface area contributed by atoms with Gasteiger partial charge in [-0.3, -0.25) is 9.36 Å². The highest BCUT2D eigenvalue weighted by Crippen LogP contribution is 2.19. The largest absolute Gasteiger partial charge is 0.337 e. The van der Waals surface area contributed by atoms with Crippen LogP contribution in [0.15, 0.2) is 64.4 Å². The molecule has 0 aliphatic heterocycles. The summed E-state index contributed by atoms with van der Waals surface area (Å²) in [6.45, 7) is 4.63. The molecule has 4 rings (SSSR count). The summed E-state index contributed by atoms with van der Waals surface area (Å²) in [5.41, 5.74) is 1.35. The van der Waals surface area contributed by atoms with Gasteiger partial charge in [0.25, 0.3) is 5.56 Å². The van der Waals surface area contributed by atoms with E-state index in [1.54, 1.807) is 41.2 Å². The van der Waals surface area contributed by atoms with E-state index in [0.717, 1.165) is 5.56 Å². The van der Waals surface area contributed by atoms with Crippen molar-refractivity contribution in [3.8, 4) is 5.69 Å². The summed E-state index contributed by atoms with van der Waals surface area (Å²) in [6.07, 6.45) is 1.58. The van der Waals surface area contributed by atoms with Crippen LogP contribution in [-0.4, -0.2) is 18.7 Å². The van der Waals surface area contributed by atoms with Crippen molar-refractivity contribution in [3.63, 3.8) is 0 Å². The van der Waals surface area contributed by atoms with Gasteiger partial charge in [0.15, 0.2) is 11.2 Å². The fraction of sp³-hybridized carbons (Fsp3) is 0.227. The number of hydrogen-bond acceptors (Lipinski definition) is 3. The van der Waals surface area contributed by atoms with Crippen LogP contribution in [0.1, 0.15) is 19.4 Å². The van der Waals surface area contributed by atoms with Crippen LogP contribution in [-0.2, 0) is 13.1 Å². The lowest BCUT2D eigenvalue weighted by Gasteiger charge is -2.14. The molecule has 0 N–H and O–H groups in total. The molecule has 0 unspecified atom stereocenters. The molecular weight excluding hydrogens is 423 g/mol. The SMILES string of the molecule is CC(C)Cn1c(=O)c2c(ncn2Cc2cccc(Cl)c2)n(-c2cccc(Cl)c2)c1=O. The molecule has 2 aromatic carbocycles. The molecule has 0 aliphatic carbocycles. The van der Waals surface area contributed by atoms with Gasteiger partial charge in [-0.25, -0.2) is 14.3 Å². The first-order valence-corrected chi connectivity index (χ1v) is 10.3. The number of benzene rings is 2. The zero-order valence-electron chi connectivity index (χ0n) is 16.5. The molecule has 0 aliphatic rings. The third-order valence-electron chi connectivity index (χ3n) is 4.76. The minimum atomic E-state index is -0.434. The second kappa shape index (κ2) is 8.13. The van der Waals surface area contributed by atoms with Crippen LogP contribution in [0.5, 0.6) is 0 Å². The summed E-state index contributed by atoms with van der Waals surface area (Å²) in [5, 5.41) is 1.11. The van der Waals surface area contributed by atoms with E-state index in [1.165, 1.54) is 9.13 Å². The first-order valence-electron chi connectivity index (χ1n) is 9.56. The van der Waals surface area contributed by atoms with Gasteiger partial charge < -0.3 is 4.57 Å². The topological polar surface area (TPSA) is 61.8 Å².